The van der Waals surface area contributed by atoms with Crippen molar-refractivity contribution in [3.8, 4) is 0 Å². The summed E-state index contributed by atoms with van der Waals surface area (Å²) in [6.07, 6.45) is -0.176. The molecule has 1 aromatic carbocycles. The minimum absolute atomic E-state index is 0.0374. The second-order valence-electron chi connectivity index (χ2n) is 4.51. The van der Waals surface area contributed by atoms with Crippen LogP contribution in [-0.2, 0) is 14.4 Å². The van der Waals surface area contributed by atoms with Gasteiger partial charge in [0.05, 0.1) is 19.5 Å². The van der Waals surface area contributed by atoms with Crippen molar-refractivity contribution in [3.63, 3.8) is 0 Å². The molecule has 0 unspecified atom stereocenters. The monoisotopic (exact) mass is 293 g/mol. The molecule has 1 rings (SSSR count). The molecule has 0 spiro atoms. The molecule has 4 N–H and O–H groups in total. The highest BCUT2D eigenvalue weighted by Gasteiger charge is 2.17. The lowest BCUT2D eigenvalue weighted by Crippen LogP contribution is -2.42. The summed E-state index contributed by atoms with van der Waals surface area (Å²) in [6.45, 7) is 1.53. The van der Waals surface area contributed by atoms with Gasteiger partial charge in [0.15, 0.2) is 0 Å². The fraction of sp³-hybridized carbons (Fsp3) is 0.357. The van der Waals surface area contributed by atoms with E-state index in [9.17, 15) is 14.4 Å². The van der Waals surface area contributed by atoms with Crippen molar-refractivity contribution >= 4 is 23.5 Å². The van der Waals surface area contributed by atoms with Crippen LogP contribution in [0.5, 0.6) is 0 Å². The molecule has 7 heteroatoms. The Morgan fingerprint density at radius 3 is 2.38 bits per heavy atom. The molecular weight excluding hydrogens is 274 g/mol. The number of nitrogens with one attached hydrogen (secondary N) is 1. The highest BCUT2D eigenvalue weighted by atomic mass is 16.4. The lowest BCUT2D eigenvalue weighted by molar-refractivity contribution is -0.136. The fourth-order valence-corrected chi connectivity index (χ4v) is 1.67. The Morgan fingerprint density at radius 1 is 1.24 bits per heavy atom. The standard InChI is InChI=1S/C14H19N3O4/c1-10-2-4-11(5-3-10)17(7-6-14(20)21)13(19)9-16-12(18)8-15/h2-5H,6-9,15H2,1H3,(H,16,18)(H,20,21). The third-order valence-corrected chi connectivity index (χ3v) is 2.82. The number of amides is 2. The minimum Gasteiger partial charge on any atom is -0.481 e. The number of aryl methyl sites for hydroxylation is 1. The Bertz CT molecular complexity index is 513. The van der Waals surface area contributed by atoms with Crippen molar-refractivity contribution in [2.24, 2.45) is 5.73 Å². The number of carbonyl (C=O) groups is 3. The first-order valence-electron chi connectivity index (χ1n) is 6.49. The Kier molecular flexibility index (Phi) is 6.35. The quantitative estimate of drug-likeness (QED) is 0.648. The zero-order valence-electron chi connectivity index (χ0n) is 11.8. The van der Waals surface area contributed by atoms with E-state index in [1.54, 1.807) is 12.1 Å². The number of hydrogen-bond donors (Lipinski definition) is 3. The number of carbonyl (C=O) groups excluding carboxylic acids is 2. The number of benzene rings is 1. The molecule has 7 nitrogen and oxygen atoms in total. The largest absolute Gasteiger partial charge is 0.481 e. The number of hydrogen-bond acceptors (Lipinski definition) is 4. The molecule has 2 amide bonds. The molecule has 0 saturated carbocycles. The molecule has 0 aromatic heterocycles. The Balaban J connectivity index is 2.80. The number of nitrogens with zero attached hydrogens (tertiary/aromatic N) is 1. The van der Waals surface area contributed by atoms with Crippen molar-refractivity contribution in [3.05, 3.63) is 29.8 Å². The van der Waals surface area contributed by atoms with Crippen molar-refractivity contribution in [2.45, 2.75) is 13.3 Å². The van der Waals surface area contributed by atoms with E-state index in [1.807, 2.05) is 19.1 Å². The predicted octanol–water partition coefficient (Wildman–Crippen LogP) is -0.122. The van der Waals surface area contributed by atoms with Crippen molar-refractivity contribution < 1.29 is 19.5 Å². The predicted molar refractivity (Wildman–Crippen MR) is 77.8 cm³/mol. The van der Waals surface area contributed by atoms with Crippen LogP contribution in [0.15, 0.2) is 24.3 Å². The van der Waals surface area contributed by atoms with Gasteiger partial charge in [0.1, 0.15) is 0 Å². The average molecular weight is 293 g/mol. The van der Waals surface area contributed by atoms with Crippen LogP contribution >= 0.6 is 0 Å². The summed E-state index contributed by atoms with van der Waals surface area (Å²) in [5, 5.41) is 11.1. The van der Waals surface area contributed by atoms with Gasteiger partial charge in [0.25, 0.3) is 0 Å². The molecule has 114 valence electrons. The summed E-state index contributed by atoms with van der Waals surface area (Å²) in [6, 6.07) is 7.13. The topological polar surface area (TPSA) is 113 Å². The first kappa shape index (κ1) is 16.6. The van der Waals surface area contributed by atoms with Gasteiger partial charge in [-0.25, -0.2) is 0 Å². The van der Waals surface area contributed by atoms with Gasteiger partial charge in [-0.2, -0.15) is 0 Å². The summed E-state index contributed by atoms with van der Waals surface area (Å²) in [7, 11) is 0. The molecule has 0 aliphatic rings. The third kappa shape index (κ3) is 5.62. The van der Waals surface area contributed by atoms with Gasteiger partial charge in [-0.15, -0.1) is 0 Å². The van der Waals surface area contributed by atoms with Gasteiger partial charge in [0.2, 0.25) is 11.8 Å². The van der Waals surface area contributed by atoms with Crippen LogP contribution < -0.4 is 16.0 Å². The number of nitrogens with two attached hydrogens (primary N) is 1. The lowest BCUT2D eigenvalue weighted by Gasteiger charge is -2.22. The summed E-state index contributed by atoms with van der Waals surface area (Å²) < 4.78 is 0. The zero-order chi connectivity index (χ0) is 15.8. The van der Waals surface area contributed by atoms with Crippen molar-refractivity contribution in [2.75, 3.05) is 24.5 Å². The second kappa shape index (κ2) is 8.01. The van der Waals surface area contributed by atoms with E-state index in [4.69, 9.17) is 10.8 Å². The summed E-state index contributed by atoms with van der Waals surface area (Å²) in [5.41, 5.74) is 6.77. The summed E-state index contributed by atoms with van der Waals surface area (Å²) in [5.74, 6) is -1.82. The molecule has 0 atom stereocenters. The van der Waals surface area contributed by atoms with Crippen LogP contribution in [0.1, 0.15) is 12.0 Å². The Labute approximate surface area is 122 Å². The highest BCUT2D eigenvalue weighted by molar-refractivity contribution is 5.97. The van der Waals surface area contributed by atoms with E-state index in [0.29, 0.717) is 5.69 Å². The fourth-order valence-electron chi connectivity index (χ4n) is 1.67. The van der Waals surface area contributed by atoms with Crippen LogP contribution in [0, 0.1) is 6.92 Å². The van der Waals surface area contributed by atoms with Crippen LogP contribution in [0.25, 0.3) is 0 Å². The highest BCUT2D eigenvalue weighted by Crippen LogP contribution is 2.15. The van der Waals surface area contributed by atoms with Crippen LogP contribution in [-0.4, -0.2) is 42.5 Å². The zero-order valence-corrected chi connectivity index (χ0v) is 11.8. The van der Waals surface area contributed by atoms with Crippen LogP contribution in [0.4, 0.5) is 5.69 Å². The molecule has 0 heterocycles. The molecule has 21 heavy (non-hydrogen) atoms. The molecule has 1 aromatic rings. The van der Waals surface area contributed by atoms with Gasteiger partial charge in [-0.3, -0.25) is 14.4 Å². The van der Waals surface area contributed by atoms with Crippen molar-refractivity contribution in [1.82, 2.24) is 5.32 Å². The number of rotatable bonds is 7. The normalized spacial score (nSPS) is 10.0. The summed E-state index contributed by atoms with van der Waals surface area (Å²) in [4.78, 5) is 35.3. The lowest BCUT2D eigenvalue weighted by atomic mass is 10.2. The molecule has 0 radical (unpaired) electrons. The second-order valence-corrected chi connectivity index (χ2v) is 4.51. The molecule has 0 aliphatic heterocycles. The molecule has 0 aliphatic carbocycles. The number of anilines is 1. The van der Waals surface area contributed by atoms with Crippen molar-refractivity contribution in [1.29, 1.82) is 0 Å². The van der Waals surface area contributed by atoms with Gasteiger partial charge >= 0.3 is 5.97 Å². The maximum absolute atomic E-state index is 12.1. The number of carboxylic acids is 1. The van der Waals surface area contributed by atoms with E-state index >= 15 is 0 Å². The van der Waals surface area contributed by atoms with Crippen LogP contribution in [0.2, 0.25) is 0 Å². The Morgan fingerprint density at radius 2 is 1.86 bits per heavy atom. The van der Waals surface area contributed by atoms with Gasteiger partial charge in [-0.1, -0.05) is 17.7 Å². The number of carboxylic acid groups (broad SMARTS) is 1. The van der Waals surface area contributed by atoms with Gasteiger partial charge in [0, 0.05) is 12.2 Å². The maximum Gasteiger partial charge on any atom is 0.305 e. The van der Waals surface area contributed by atoms with E-state index in [0.717, 1.165) is 5.56 Å². The molecule has 0 bridgehead atoms. The van der Waals surface area contributed by atoms with E-state index in [2.05, 4.69) is 5.32 Å². The number of aliphatic carboxylic acids is 1. The minimum atomic E-state index is -0.995. The smallest absolute Gasteiger partial charge is 0.305 e. The first-order valence-corrected chi connectivity index (χ1v) is 6.49. The molecule has 0 saturated heterocycles. The first-order chi connectivity index (χ1) is 9.93. The molecular formula is C14H19N3O4. The molecule has 0 fully saturated rings. The Hall–Kier alpha value is -2.41. The third-order valence-electron chi connectivity index (χ3n) is 2.82. The van der Waals surface area contributed by atoms with E-state index in [1.165, 1.54) is 4.90 Å². The average Bonchev–Trinajstić information content (AvgIpc) is 2.46. The van der Waals surface area contributed by atoms with E-state index < -0.39 is 11.9 Å². The van der Waals surface area contributed by atoms with E-state index in [-0.39, 0.29) is 32.0 Å². The van der Waals surface area contributed by atoms with Gasteiger partial charge in [-0.05, 0) is 19.1 Å². The van der Waals surface area contributed by atoms with Gasteiger partial charge < -0.3 is 21.1 Å². The summed E-state index contributed by atoms with van der Waals surface area (Å²) >= 11 is 0. The van der Waals surface area contributed by atoms with Crippen LogP contribution in [0.3, 0.4) is 0 Å². The SMILES string of the molecule is Cc1ccc(N(CCC(=O)O)C(=O)CNC(=O)CN)cc1. The maximum atomic E-state index is 12.1.